The zero-order valence-corrected chi connectivity index (χ0v) is 8.16. The molecule has 1 N–H and O–H groups in total. The maximum absolute atomic E-state index is 10.4. The van der Waals surface area contributed by atoms with E-state index >= 15 is 0 Å². The van der Waals surface area contributed by atoms with Crippen molar-refractivity contribution in [2.75, 3.05) is 0 Å². The van der Waals surface area contributed by atoms with Crippen LogP contribution < -0.4 is 0 Å². The van der Waals surface area contributed by atoms with Gasteiger partial charge in [-0.25, -0.2) is 0 Å². The molecule has 0 radical (unpaired) electrons. The fraction of sp³-hybridized carbons (Fsp3) is 0. The molecule has 0 aliphatic heterocycles. The minimum atomic E-state index is -4.02. The monoisotopic (exact) mass is 248 g/mol. The Morgan fingerprint density at radius 3 is 2.08 bits per heavy atom. The van der Waals surface area contributed by atoms with Crippen LogP contribution in [0.3, 0.4) is 0 Å². The summed E-state index contributed by atoms with van der Waals surface area (Å²) in [6, 6.07) is 6.13. The Labute approximate surface area is 107 Å². The Morgan fingerprint density at radius 1 is 1.23 bits per heavy atom. The van der Waals surface area contributed by atoms with Gasteiger partial charge in [0.25, 0.3) is 0 Å². The number of hydrogen-bond acceptors (Lipinski definition) is 3. The summed E-state index contributed by atoms with van der Waals surface area (Å²) in [5.74, 6) is 0. The Hall–Kier alpha value is 0.770. The van der Waals surface area contributed by atoms with Gasteiger partial charge >= 0.3 is 38.7 Å². The molecule has 0 fully saturated rings. The van der Waals surface area contributed by atoms with E-state index in [1.165, 1.54) is 12.1 Å². The fourth-order valence-electron chi connectivity index (χ4n) is 0.612. The van der Waals surface area contributed by atoms with E-state index in [9.17, 15) is 8.42 Å². The molecule has 0 aromatic heterocycles. The van der Waals surface area contributed by atoms with Gasteiger partial charge in [-0.2, -0.15) is 8.42 Å². The third-order valence-electron chi connectivity index (χ3n) is 1.02. The fourth-order valence-corrected chi connectivity index (χ4v) is 2.29. The van der Waals surface area contributed by atoms with Crippen LogP contribution in [0.25, 0.3) is 0 Å². The molecule has 0 bridgehead atoms. The van der Waals surface area contributed by atoms with Crippen LogP contribution in [0.5, 0.6) is 0 Å². The van der Waals surface area contributed by atoms with Crippen LogP contribution in [0.15, 0.2) is 29.2 Å². The molecule has 13 heavy (non-hydrogen) atoms. The van der Waals surface area contributed by atoms with Gasteiger partial charge in [0, 0.05) is 20.7 Å². The van der Waals surface area contributed by atoms with Crippen LogP contribution in [0.4, 0.5) is 0 Å². The normalized spacial score (nSPS) is 10.6. The summed E-state index contributed by atoms with van der Waals surface area (Å²) < 4.78 is 29.2. The predicted molar refractivity (Wildman–Crippen MR) is 56.0 cm³/mol. The molecule has 1 rings (SSSR count). The molecule has 0 amide bonds. The van der Waals surface area contributed by atoms with E-state index in [2.05, 4.69) is 0 Å². The molecule has 0 heterocycles. The van der Waals surface area contributed by atoms with Crippen LogP contribution in [-0.2, 0) is 9.15 Å². The predicted octanol–water partition coefficient (Wildman–Crippen LogP) is 1.59. The molecule has 0 unspecified atom stereocenters. The molecule has 0 saturated carbocycles. The first-order valence-electron chi connectivity index (χ1n) is 2.90. The van der Waals surface area contributed by atoms with Crippen molar-refractivity contribution in [3.8, 4) is 0 Å². The van der Waals surface area contributed by atoms with Gasteiger partial charge in [-0.1, -0.05) is 11.6 Å². The molecule has 1 aromatic carbocycles. The van der Waals surface area contributed by atoms with Crippen molar-refractivity contribution in [2.45, 2.75) is 4.90 Å². The van der Waals surface area contributed by atoms with Crippen molar-refractivity contribution in [2.24, 2.45) is 0 Å². The van der Waals surface area contributed by atoms with E-state index in [0.29, 0.717) is 20.7 Å². The summed E-state index contributed by atoms with van der Waals surface area (Å²) in [5, 5.41) is 0.523. The first-order valence-corrected chi connectivity index (χ1v) is 6.05. The number of rotatable bonds is 2. The second-order valence-corrected chi connectivity index (χ2v) is 5.66. The van der Waals surface area contributed by atoms with E-state index in [1.807, 2.05) is 0 Å². The summed E-state index contributed by atoms with van der Waals surface area (Å²) in [6.45, 7) is 0. The quantitative estimate of drug-likeness (QED) is 0.491. The molecule has 3 nitrogen and oxygen atoms in total. The van der Waals surface area contributed by atoms with Crippen molar-refractivity contribution in [1.29, 1.82) is 0 Å². The van der Waals surface area contributed by atoms with Gasteiger partial charge in [0.15, 0.2) is 0 Å². The number of hydrogen-bond donors (Lipinski definition) is 1. The average Bonchev–Trinajstić information content (AvgIpc) is 1.91. The van der Waals surface area contributed by atoms with E-state index in [-0.39, 0.29) is 29.6 Å². The van der Waals surface area contributed by atoms with Crippen molar-refractivity contribution < 1.29 is 13.0 Å². The van der Waals surface area contributed by atoms with E-state index in [0.717, 1.165) is 0 Å². The van der Waals surface area contributed by atoms with Crippen molar-refractivity contribution in [3.05, 3.63) is 29.3 Å². The van der Waals surface area contributed by atoms with Gasteiger partial charge in [0.2, 0.25) is 0 Å². The van der Waals surface area contributed by atoms with E-state index < -0.39 is 9.15 Å². The summed E-state index contributed by atoms with van der Waals surface area (Å²) >= 11 is 5.56. The molecular weight excluding hydrogens is 243 g/mol. The van der Waals surface area contributed by atoms with Gasteiger partial charge < -0.3 is 0 Å². The first kappa shape index (κ1) is 13.8. The molecule has 0 aliphatic carbocycles. The topological polar surface area (TPSA) is 54.4 Å². The summed E-state index contributed by atoms with van der Waals surface area (Å²) in [5.41, 5.74) is 0. The summed E-state index contributed by atoms with van der Waals surface area (Å²) in [6.07, 6.45) is 0. The second-order valence-electron chi connectivity index (χ2n) is 1.96. The van der Waals surface area contributed by atoms with E-state index in [4.69, 9.17) is 16.2 Å². The molecule has 0 aliphatic rings. The average molecular weight is 249 g/mol. The Balaban J connectivity index is 0.00000144. The summed E-state index contributed by atoms with van der Waals surface area (Å²) in [7, 11) is -3.64. The zero-order chi connectivity index (χ0) is 9.19. The molecular formula is C6H6ClNaO3S2. The molecule has 7 heteroatoms. The van der Waals surface area contributed by atoms with Gasteiger partial charge in [0.05, 0.1) is 0 Å². The van der Waals surface area contributed by atoms with Crippen molar-refractivity contribution >= 4 is 61.1 Å². The Morgan fingerprint density at radius 2 is 1.69 bits per heavy atom. The van der Waals surface area contributed by atoms with Gasteiger partial charge in [0.1, 0.15) is 0 Å². The van der Waals surface area contributed by atoms with E-state index in [1.54, 1.807) is 12.1 Å². The molecule has 0 saturated heterocycles. The van der Waals surface area contributed by atoms with Gasteiger partial charge in [-0.3, -0.25) is 4.55 Å². The molecule has 1 aromatic rings. The number of benzene rings is 1. The van der Waals surface area contributed by atoms with Gasteiger partial charge in [-0.05, 0) is 24.3 Å². The standard InChI is InChI=1S/C6H5ClO3S2.Na.H/c7-5-1-3-6(4-2-5)11-12(8,9)10;;/h1-4H,(H,8,9,10);;. The van der Waals surface area contributed by atoms with Crippen molar-refractivity contribution in [1.82, 2.24) is 0 Å². The zero-order valence-electron chi connectivity index (χ0n) is 5.77. The van der Waals surface area contributed by atoms with Crippen molar-refractivity contribution in [3.63, 3.8) is 0 Å². The second kappa shape index (κ2) is 5.60. The van der Waals surface area contributed by atoms with Crippen LogP contribution in [0, 0.1) is 0 Å². The van der Waals surface area contributed by atoms with Crippen LogP contribution in [-0.4, -0.2) is 42.5 Å². The van der Waals surface area contributed by atoms with Crippen LogP contribution in [0.2, 0.25) is 5.02 Å². The van der Waals surface area contributed by atoms with Crippen LogP contribution >= 0.6 is 22.4 Å². The Kier molecular flexibility index (Phi) is 5.93. The molecule has 0 atom stereocenters. The summed E-state index contributed by atoms with van der Waals surface area (Å²) in [4.78, 5) is 0.432. The Bertz CT molecular complexity index is 362. The number of halogens is 1. The van der Waals surface area contributed by atoms with Gasteiger partial charge in [-0.15, -0.1) is 0 Å². The molecule has 68 valence electrons. The third kappa shape index (κ3) is 5.96. The first-order chi connectivity index (χ1) is 5.47. The minimum absolute atomic E-state index is 0. The third-order valence-corrected chi connectivity index (χ3v) is 3.15. The molecule has 0 spiro atoms. The van der Waals surface area contributed by atoms with Crippen LogP contribution in [0.1, 0.15) is 0 Å². The SMILES string of the molecule is O=S(=O)(O)Sc1ccc(Cl)cc1.[NaH]. The maximum atomic E-state index is 10.4.